The Balaban J connectivity index is 1.55. The second kappa shape index (κ2) is 7.58. The number of nitrogen functional groups attached to an aromatic ring is 1. The summed E-state index contributed by atoms with van der Waals surface area (Å²) in [5.74, 6) is 0. The van der Waals surface area contributed by atoms with Gasteiger partial charge < -0.3 is 5.73 Å². The third kappa shape index (κ3) is 3.88. The Morgan fingerprint density at radius 3 is 1.74 bits per heavy atom. The van der Waals surface area contributed by atoms with Crippen LogP contribution in [0.2, 0.25) is 0 Å². The number of rotatable bonds is 4. The first-order chi connectivity index (χ1) is 13.3. The summed E-state index contributed by atoms with van der Waals surface area (Å²) in [5, 5.41) is 19.2. The molecule has 4 aromatic rings. The zero-order chi connectivity index (χ0) is 18.5. The highest BCUT2D eigenvalue weighted by molar-refractivity contribution is 5.97. The van der Waals surface area contributed by atoms with Crippen molar-refractivity contribution >= 4 is 39.2 Å². The molecule has 0 aromatic heterocycles. The van der Waals surface area contributed by atoms with Crippen LogP contribution in [0.5, 0.6) is 0 Å². The van der Waals surface area contributed by atoms with Crippen molar-refractivity contribution in [2.75, 3.05) is 5.73 Å². The molecule has 0 unspecified atom stereocenters. The maximum atomic E-state index is 6.09. The van der Waals surface area contributed by atoms with Crippen molar-refractivity contribution in [3.05, 3.63) is 91.0 Å². The molecule has 5 nitrogen and oxygen atoms in total. The molecule has 0 spiro atoms. The molecule has 0 aliphatic rings. The molecule has 0 radical (unpaired) electrons. The Hall–Kier alpha value is -3.86. The fraction of sp³-hybridized carbons (Fsp3) is 0. The minimum Gasteiger partial charge on any atom is -0.397 e. The molecule has 0 saturated carbocycles. The molecule has 0 aliphatic carbocycles. The highest BCUT2D eigenvalue weighted by Gasteiger charge is 2.04. The quantitative estimate of drug-likeness (QED) is 0.305. The van der Waals surface area contributed by atoms with Gasteiger partial charge in [0.1, 0.15) is 5.69 Å². The Bertz CT molecular complexity index is 1120. The van der Waals surface area contributed by atoms with Gasteiger partial charge in [0.25, 0.3) is 0 Å². The summed E-state index contributed by atoms with van der Waals surface area (Å²) in [7, 11) is 0. The number of nitrogens with zero attached hydrogens (tertiary/aromatic N) is 4. The van der Waals surface area contributed by atoms with Crippen molar-refractivity contribution in [3.63, 3.8) is 0 Å². The van der Waals surface area contributed by atoms with E-state index in [9.17, 15) is 0 Å². The summed E-state index contributed by atoms with van der Waals surface area (Å²) in [6, 6.07) is 28.8. The Morgan fingerprint density at radius 2 is 1.04 bits per heavy atom. The van der Waals surface area contributed by atoms with Crippen molar-refractivity contribution < 1.29 is 0 Å². The van der Waals surface area contributed by atoms with Crippen molar-refractivity contribution in [1.82, 2.24) is 0 Å². The molecule has 0 amide bonds. The van der Waals surface area contributed by atoms with E-state index >= 15 is 0 Å². The lowest BCUT2D eigenvalue weighted by Crippen LogP contribution is -1.85. The van der Waals surface area contributed by atoms with E-state index in [2.05, 4.69) is 20.5 Å². The molecule has 0 saturated heterocycles. The first kappa shape index (κ1) is 16.6. The van der Waals surface area contributed by atoms with Crippen LogP contribution in [-0.2, 0) is 0 Å². The fourth-order valence-corrected chi connectivity index (χ4v) is 2.69. The van der Waals surface area contributed by atoms with Gasteiger partial charge in [0.05, 0.1) is 22.7 Å². The van der Waals surface area contributed by atoms with Gasteiger partial charge in [-0.05, 0) is 47.9 Å². The monoisotopic (exact) mass is 351 g/mol. The average molecular weight is 351 g/mol. The van der Waals surface area contributed by atoms with E-state index in [0.717, 1.165) is 27.8 Å². The van der Waals surface area contributed by atoms with Gasteiger partial charge in [-0.15, -0.1) is 5.11 Å². The maximum absolute atomic E-state index is 6.09. The molecule has 0 aliphatic heterocycles. The van der Waals surface area contributed by atoms with E-state index < -0.39 is 0 Å². The zero-order valence-corrected chi connectivity index (χ0v) is 14.5. The van der Waals surface area contributed by atoms with Gasteiger partial charge >= 0.3 is 0 Å². The number of nitrogens with two attached hydrogens (primary N) is 1. The van der Waals surface area contributed by atoms with Crippen LogP contribution in [0.1, 0.15) is 0 Å². The summed E-state index contributed by atoms with van der Waals surface area (Å²) in [6.07, 6.45) is 0. The third-order valence-corrected chi connectivity index (χ3v) is 4.08. The predicted octanol–water partition coefficient (Wildman–Crippen LogP) is 7.25. The summed E-state index contributed by atoms with van der Waals surface area (Å²) >= 11 is 0. The van der Waals surface area contributed by atoms with Crippen LogP contribution in [0.4, 0.5) is 28.4 Å². The van der Waals surface area contributed by atoms with Crippen LogP contribution in [0.15, 0.2) is 111 Å². The number of anilines is 1. The molecule has 130 valence electrons. The number of hydrogen-bond donors (Lipinski definition) is 1. The lowest BCUT2D eigenvalue weighted by atomic mass is 10.1. The number of benzene rings is 4. The minimum absolute atomic E-state index is 0.603. The van der Waals surface area contributed by atoms with Crippen molar-refractivity contribution in [3.8, 4) is 0 Å². The molecule has 0 fully saturated rings. The average Bonchev–Trinajstić information content (AvgIpc) is 2.73. The van der Waals surface area contributed by atoms with Crippen LogP contribution >= 0.6 is 0 Å². The Labute approximate surface area is 156 Å². The first-order valence-electron chi connectivity index (χ1n) is 8.55. The van der Waals surface area contributed by atoms with Gasteiger partial charge in [0.15, 0.2) is 0 Å². The van der Waals surface area contributed by atoms with Gasteiger partial charge in [-0.1, -0.05) is 48.5 Å². The van der Waals surface area contributed by atoms with E-state index in [1.54, 1.807) is 0 Å². The van der Waals surface area contributed by atoms with E-state index in [1.807, 2.05) is 91.0 Å². The van der Waals surface area contributed by atoms with E-state index in [4.69, 9.17) is 5.73 Å². The Morgan fingerprint density at radius 1 is 0.481 bits per heavy atom. The SMILES string of the molecule is Nc1ccc2ccccc2c1N=Nc1ccc(N=Nc2ccccc2)cc1. The van der Waals surface area contributed by atoms with Crippen LogP contribution in [0.3, 0.4) is 0 Å². The van der Waals surface area contributed by atoms with Gasteiger partial charge in [-0.2, -0.15) is 15.3 Å². The zero-order valence-electron chi connectivity index (χ0n) is 14.5. The standard InChI is InChI=1S/C22H17N5/c23-21-15-10-16-6-4-5-9-20(16)22(21)27-26-19-13-11-18(12-14-19)25-24-17-7-2-1-3-8-17/h1-15H,23H2. The molecule has 0 bridgehead atoms. The molecular formula is C22H17N5. The minimum atomic E-state index is 0.603. The molecule has 0 atom stereocenters. The molecule has 5 heteroatoms. The topological polar surface area (TPSA) is 75.5 Å². The van der Waals surface area contributed by atoms with Crippen molar-refractivity contribution in [2.45, 2.75) is 0 Å². The molecule has 27 heavy (non-hydrogen) atoms. The molecule has 2 N–H and O–H groups in total. The van der Waals surface area contributed by atoms with E-state index in [-0.39, 0.29) is 0 Å². The molecule has 4 rings (SSSR count). The highest BCUT2D eigenvalue weighted by Crippen LogP contribution is 2.33. The van der Waals surface area contributed by atoms with Gasteiger partial charge in [0, 0.05) is 5.39 Å². The predicted molar refractivity (Wildman–Crippen MR) is 110 cm³/mol. The number of hydrogen-bond acceptors (Lipinski definition) is 5. The number of fused-ring (bicyclic) bond motifs is 1. The van der Waals surface area contributed by atoms with Crippen molar-refractivity contribution in [1.29, 1.82) is 0 Å². The summed E-state index contributed by atoms with van der Waals surface area (Å²) < 4.78 is 0. The molecule has 4 aromatic carbocycles. The number of azo groups is 2. The lowest BCUT2D eigenvalue weighted by Gasteiger charge is -2.04. The van der Waals surface area contributed by atoms with Gasteiger partial charge in [0.2, 0.25) is 0 Å². The maximum Gasteiger partial charge on any atom is 0.116 e. The lowest BCUT2D eigenvalue weighted by molar-refractivity contribution is 1.21. The highest BCUT2D eigenvalue weighted by atomic mass is 15.1. The normalized spacial score (nSPS) is 11.6. The van der Waals surface area contributed by atoms with Crippen LogP contribution in [-0.4, -0.2) is 0 Å². The van der Waals surface area contributed by atoms with Crippen LogP contribution < -0.4 is 5.73 Å². The van der Waals surface area contributed by atoms with Crippen molar-refractivity contribution in [2.24, 2.45) is 20.5 Å². The second-order valence-corrected chi connectivity index (χ2v) is 5.98. The summed E-state index contributed by atoms with van der Waals surface area (Å²) in [4.78, 5) is 0. The van der Waals surface area contributed by atoms with Crippen LogP contribution in [0.25, 0.3) is 10.8 Å². The fourth-order valence-electron chi connectivity index (χ4n) is 2.69. The van der Waals surface area contributed by atoms with E-state index in [1.165, 1.54) is 0 Å². The second-order valence-electron chi connectivity index (χ2n) is 5.98. The smallest absolute Gasteiger partial charge is 0.116 e. The third-order valence-electron chi connectivity index (χ3n) is 4.08. The Kier molecular flexibility index (Phi) is 4.66. The molecule has 0 heterocycles. The summed E-state index contributed by atoms with van der Waals surface area (Å²) in [5.41, 5.74) is 9.66. The van der Waals surface area contributed by atoms with Gasteiger partial charge in [-0.3, -0.25) is 0 Å². The summed E-state index contributed by atoms with van der Waals surface area (Å²) in [6.45, 7) is 0. The van der Waals surface area contributed by atoms with Gasteiger partial charge in [-0.25, -0.2) is 0 Å². The van der Waals surface area contributed by atoms with E-state index in [0.29, 0.717) is 11.4 Å². The largest absolute Gasteiger partial charge is 0.397 e. The molecular weight excluding hydrogens is 334 g/mol. The first-order valence-corrected chi connectivity index (χ1v) is 8.55. The van der Waals surface area contributed by atoms with Crippen LogP contribution in [0, 0.1) is 0 Å².